The van der Waals surface area contributed by atoms with Crippen LogP contribution >= 0.6 is 0 Å². The van der Waals surface area contributed by atoms with E-state index < -0.39 is 86.3 Å². The van der Waals surface area contributed by atoms with Crippen molar-refractivity contribution in [2.24, 2.45) is 0 Å². The Morgan fingerprint density at radius 2 is 1.34 bits per heavy atom. The van der Waals surface area contributed by atoms with Gasteiger partial charge in [0.25, 0.3) is 0 Å². The zero-order valence-corrected chi connectivity index (χ0v) is 15.9. The molecule has 0 bridgehead atoms. The van der Waals surface area contributed by atoms with Gasteiger partial charge in [-0.3, -0.25) is 9.59 Å². The SMILES string of the molecule is CC(=O)NC1C(O)[C@H](O)C(CO)O[C@H]1OC1C(NC(C)=O)[C@@H](O)OC(CO)[C@@H]1O. The summed E-state index contributed by atoms with van der Waals surface area (Å²) in [5.74, 6) is -1.16. The van der Waals surface area contributed by atoms with Crippen molar-refractivity contribution in [1.29, 1.82) is 0 Å². The minimum absolute atomic E-state index is 0.576. The van der Waals surface area contributed by atoms with Crippen LogP contribution in [0.2, 0.25) is 0 Å². The molecule has 13 heteroatoms. The molecule has 0 saturated carbocycles. The van der Waals surface area contributed by atoms with Crippen molar-refractivity contribution >= 4 is 11.8 Å². The number of aliphatic hydroxyl groups is 6. The Balaban J connectivity index is 2.31. The van der Waals surface area contributed by atoms with Gasteiger partial charge in [0.1, 0.15) is 48.7 Å². The lowest BCUT2D eigenvalue weighted by Crippen LogP contribution is -2.69. The van der Waals surface area contributed by atoms with E-state index in [1.165, 1.54) is 0 Å². The van der Waals surface area contributed by atoms with Gasteiger partial charge in [0.05, 0.1) is 13.2 Å². The standard InChI is InChI=1S/C16H28N2O11/c1-5(21)17-9-13(25)11(23)7(3-19)28-16(9)29-14-10(18-6(2)22)15(26)27-8(4-20)12(14)24/h7-16,19-20,23-26H,3-4H2,1-2H3,(H,17,21)(H,18,22)/t7?,8?,9?,10?,11-,12+,13?,14?,15+,16+/m1/s1. The number of rotatable bonds is 6. The molecule has 2 fully saturated rings. The maximum absolute atomic E-state index is 11.5. The first kappa shape index (κ1) is 23.9. The number of hydrogen-bond donors (Lipinski definition) is 8. The lowest BCUT2D eigenvalue weighted by molar-refractivity contribution is -0.323. The van der Waals surface area contributed by atoms with Gasteiger partial charge in [0, 0.05) is 13.8 Å². The maximum Gasteiger partial charge on any atom is 0.217 e. The Labute approximate surface area is 166 Å². The summed E-state index contributed by atoms with van der Waals surface area (Å²) >= 11 is 0. The molecule has 0 aromatic rings. The number of ether oxygens (including phenoxy) is 3. The summed E-state index contributed by atoms with van der Waals surface area (Å²) in [6.45, 7) is 0.959. The maximum atomic E-state index is 11.5. The summed E-state index contributed by atoms with van der Waals surface area (Å²) in [4.78, 5) is 23.0. The van der Waals surface area contributed by atoms with E-state index in [0.717, 1.165) is 13.8 Å². The molecule has 2 rings (SSSR count). The van der Waals surface area contributed by atoms with E-state index in [9.17, 15) is 40.2 Å². The third kappa shape index (κ3) is 5.39. The number of carbonyl (C=O) groups is 2. The fourth-order valence-corrected chi connectivity index (χ4v) is 3.38. The van der Waals surface area contributed by atoms with Crippen LogP contribution in [0.4, 0.5) is 0 Å². The molecule has 2 aliphatic heterocycles. The molecule has 0 aromatic carbocycles. The van der Waals surface area contributed by atoms with Crippen LogP contribution in [0.3, 0.4) is 0 Å². The summed E-state index contributed by atoms with van der Waals surface area (Å²) in [5, 5.41) is 64.5. The van der Waals surface area contributed by atoms with Crippen molar-refractivity contribution in [3.05, 3.63) is 0 Å². The fourth-order valence-electron chi connectivity index (χ4n) is 3.38. The van der Waals surface area contributed by atoms with E-state index >= 15 is 0 Å². The minimum Gasteiger partial charge on any atom is -0.394 e. The highest BCUT2D eigenvalue weighted by molar-refractivity contribution is 5.73. The predicted octanol–water partition coefficient (Wildman–Crippen LogP) is -5.11. The molecule has 8 N–H and O–H groups in total. The minimum atomic E-state index is -1.66. The van der Waals surface area contributed by atoms with Crippen molar-refractivity contribution in [3.63, 3.8) is 0 Å². The Bertz CT molecular complexity index is 579. The van der Waals surface area contributed by atoms with Gasteiger partial charge in [-0.1, -0.05) is 0 Å². The van der Waals surface area contributed by atoms with Crippen LogP contribution in [-0.2, 0) is 23.8 Å². The highest BCUT2D eigenvalue weighted by atomic mass is 16.7. The van der Waals surface area contributed by atoms with Crippen molar-refractivity contribution < 1.29 is 54.4 Å². The molecule has 2 aliphatic rings. The molecule has 2 heterocycles. The monoisotopic (exact) mass is 424 g/mol. The van der Waals surface area contributed by atoms with E-state index in [-0.39, 0.29) is 0 Å². The topological polar surface area (TPSA) is 207 Å². The largest absolute Gasteiger partial charge is 0.394 e. The second-order valence-electron chi connectivity index (χ2n) is 7.00. The third-order valence-electron chi connectivity index (χ3n) is 4.78. The zero-order valence-electron chi connectivity index (χ0n) is 15.9. The molecular weight excluding hydrogens is 396 g/mol. The quantitative estimate of drug-likeness (QED) is 0.202. The van der Waals surface area contributed by atoms with Crippen LogP contribution in [0.15, 0.2) is 0 Å². The van der Waals surface area contributed by atoms with E-state index in [1.807, 2.05) is 0 Å². The van der Waals surface area contributed by atoms with E-state index in [2.05, 4.69) is 10.6 Å². The van der Waals surface area contributed by atoms with Crippen LogP contribution in [0.5, 0.6) is 0 Å². The highest BCUT2D eigenvalue weighted by Gasteiger charge is 2.51. The zero-order chi connectivity index (χ0) is 21.9. The average Bonchev–Trinajstić information content (AvgIpc) is 2.65. The second kappa shape index (κ2) is 10.1. The number of carbonyl (C=O) groups excluding carboxylic acids is 2. The first-order valence-electron chi connectivity index (χ1n) is 9.05. The number of aliphatic hydroxyl groups excluding tert-OH is 6. The van der Waals surface area contributed by atoms with Gasteiger partial charge in [-0.2, -0.15) is 0 Å². The summed E-state index contributed by atoms with van der Waals surface area (Å²) in [7, 11) is 0. The number of hydrogen-bond acceptors (Lipinski definition) is 11. The Morgan fingerprint density at radius 1 is 0.828 bits per heavy atom. The number of amides is 2. The lowest BCUT2D eigenvalue weighted by Gasteiger charge is -2.47. The molecule has 2 amide bonds. The van der Waals surface area contributed by atoms with E-state index in [1.54, 1.807) is 0 Å². The van der Waals surface area contributed by atoms with Crippen LogP contribution in [0, 0.1) is 0 Å². The fraction of sp³-hybridized carbons (Fsp3) is 0.875. The molecule has 0 aromatic heterocycles. The van der Waals surface area contributed by atoms with Crippen LogP contribution in [0.25, 0.3) is 0 Å². The van der Waals surface area contributed by atoms with Gasteiger partial charge in [-0.15, -0.1) is 0 Å². The molecule has 0 radical (unpaired) electrons. The Kier molecular flexibility index (Phi) is 8.28. The molecule has 13 nitrogen and oxygen atoms in total. The molecule has 10 atom stereocenters. The molecule has 29 heavy (non-hydrogen) atoms. The summed E-state index contributed by atoms with van der Waals surface area (Å²) in [6, 6.07) is -2.59. The molecule has 0 spiro atoms. The van der Waals surface area contributed by atoms with Crippen molar-refractivity contribution in [2.75, 3.05) is 13.2 Å². The average molecular weight is 424 g/mol. The molecule has 0 aliphatic carbocycles. The third-order valence-corrected chi connectivity index (χ3v) is 4.78. The highest BCUT2D eigenvalue weighted by Crippen LogP contribution is 2.28. The lowest BCUT2D eigenvalue weighted by atomic mass is 9.94. The molecule has 6 unspecified atom stereocenters. The summed E-state index contributed by atoms with van der Waals surface area (Å²) < 4.78 is 16.2. The van der Waals surface area contributed by atoms with Crippen molar-refractivity contribution in [1.82, 2.24) is 10.6 Å². The van der Waals surface area contributed by atoms with E-state index in [0.29, 0.717) is 0 Å². The van der Waals surface area contributed by atoms with Gasteiger partial charge in [-0.05, 0) is 0 Å². The Hall–Kier alpha value is -1.42. The Morgan fingerprint density at radius 3 is 1.86 bits per heavy atom. The second-order valence-corrected chi connectivity index (χ2v) is 7.00. The first-order chi connectivity index (χ1) is 13.6. The predicted molar refractivity (Wildman–Crippen MR) is 91.8 cm³/mol. The molecule has 168 valence electrons. The molecular formula is C16H28N2O11. The van der Waals surface area contributed by atoms with Gasteiger partial charge >= 0.3 is 0 Å². The van der Waals surface area contributed by atoms with Crippen LogP contribution in [0.1, 0.15) is 13.8 Å². The smallest absolute Gasteiger partial charge is 0.217 e. The van der Waals surface area contributed by atoms with Crippen molar-refractivity contribution in [2.45, 2.75) is 75.1 Å². The summed E-state index contributed by atoms with van der Waals surface area (Å²) in [5.41, 5.74) is 0. The van der Waals surface area contributed by atoms with E-state index in [4.69, 9.17) is 14.2 Å². The van der Waals surface area contributed by atoms with Gasteiger partial charge < -0.3 is 55.5 Å². The van der Waals surface area contributed by atoms with Gasteiger partial charge in [0.2, 0.25) is 11.8 Å². The normalized spacial score (nSPS) is 42.9. The number of nitrogens with one attached hydrogen (secondary N) is 2. The van der Waals surface area contributed by atoms with Gasteiger partial charge in [-0.25, -0.2) is 0 Å². The summed E-state index contributed by atoms with van der Waals surface area (Å²) in [6.07, 6.45) is -11.8. The van der Waals surface area contributed by atoms with Crippen LogP contribution in [-0.4, -0.2) is 117 Å². The van der Waals surface area contributed by atoms with Gasteiger partial charge in [0.15, 0.2) is 12.6 Å². The van der Waals surface area contributed by atoms with Crippen molar-refractivity contribution in [3.8, 4) is 0 Å². The first-order valence-corrected chi connectivity index (χ1v) is 9.05. The molecule has 2 saturated heterocycles. The van der Waals surface area contributed by atoms with Crippen LogP contribution < -0.4 is 10.6 Å².